The van der Waals surface area contributed by atoms with Gasteiger partial charge in [-0.2, -0.15) is 0 Å². The number of carbonyl (C=O) groups excluding carboxylic acids is 2. The molecule has 1 saturated carbocycles. The van der Waals surface area contributed by atoms with Gasteiger partial charge in [0, 0.05) is 13.1 Å². The summed E-state index contributed by atoms with van der Waals surface area (Å²) in [6, 6.07) is -0.450. The maximum Gasteiger partial charge on any atom is 0.317 e. The monoisotopic (exact) mass is 271 g/mol. The van der Waals surface area contributed by atoms with E-state index in [1.807, 2.05) is 0 Å². The van der Waals surface area contributed by atoms with Crippen LogP contribution in [0.4, 0.5) is 4.79 Å². The van der Waals surface area contributed by atoms with Crippen molar-refractivity contribution >= 4 is 17.9 Å². The molecular weight excluding hydrogens is 250 g/mol. The second-order valence-electron chi connectivity index (χ2n) is 4.93. The summed E-state index contributed by atoms with van der Waals surface area (Å²) in [6.45, 7) is 2.00. The van der Waals surface area contributed by atoms with E-state index >= 15 is 0 Å². The van der Waals surface area contributed by atoms with E-state index in [1.54, 1.807) is 6.92 Å². The van der Waals surface area contributed by atoms with E-state index in [-0.39, 0.29) is 13.1 Å². The molecule has 0 unspecified atom stereocenters. The van der Waals surface area contributed by atoms with Gasteiger partial charge in [0.05, 0.1) is 5.41 Å². The van der Waals surface area contributed by atoms with Crippen molar-refractivity contribution in [3.8, 4) is 0 Å². The number of carbonyl (C=O) groups is 3. The molecule has 108 valence electrons. The molecule has 0 radical (unpaired) electrons. The van der Waals surface area contributed by atoms with Crippen molar-refractivity contribution in [3.05, 3.63) is 0 Å². The maximum atomic E-state index is 11.8. The van der Waals surface area contributed by atoms with E-state index in [2.05, 4.69) is 5.32 Å². The molecule has 7 nitrogen and oxygen atoms in total. The maximum absolute atomic E-state index is 11.8. The lowest BCUT2D eigenvalue weighted by Crippen LogP contribution is -2.48. The molecule has 1 aliphatic carbocycles. The number of hydrogen-bond acceptors (Lipinski definition) is 3. The molecule has 7 heteroatoms. The number of nitrogens with zero attached hydrogens (tertiary/aromatic N) is 1. The summed E-state index contributed by atoms with van der Waals surface area (Å²) in [4.78, 5) is 35.2. The highest BCUT2D eigenvalue weighted by Crippen LogP contribution is 2.37. The zero-order valence-electron chi connectivity index (χ0n) is 11.1. The fraction of sp³-hybridized carbons (Fsp3) is 0.750. The number of rotatable bonds is 6. The van der Waals surface area contributed by atoms with Crippen molar-refractivity contribution in [1.82, 2.24) is 10.2 Å². The summed E-state index contributed by atoms with van der Waals surface area (Å²) in [5.41, 5.74) is 4.19. The van der Waals surface area contributed by atoms with Gasteiger partial charge in [-0.3, -0.25) is 9.59 Å². The van der Waals surface area contributed by atoms with Gasteiger partial charge in [-0.15, -0.1) is 0 Å². The van der Waals surface area contributed by atoms with Gasteiger partial charge in [0.15, 0.2) is 0 Å². The van der Waals surface area contributed by atoms with Crippen LogP contribution in [0.15, 0.2) is 0 Å². The average molecular weight is 271 g/mol. The van der Waals surface area contributed by atoms with E-state index in [0.29, 0.717) is 19.4 Å². The van der Waals surface area contributed by atoms with Gasteiger partial charge < -0.3 is 21.1 Å². The molecule has 0 aromatic heterocycles. The van der Waals surface area contributed by atoms with Gasteiger partial charge >= 0.3 is 12.0 Å². The molecule has 3 amide bonds. The average Bonchev–Trinajstić information content (AvgIpc) is 2.82. The predicted molar refractivity (Wildman–Crippen MR) is 68.4 cm³/mol. The predicted octanol–water partition coefficient (Wildman–Crippen LogP) is 0.148. The number of carboxylic acid groups (broad SMARTS) is 1. The van der Waals surface area contributed by atoms with Gasteiger partial charge in [0.2, 0.25) is 5.91 Å². The van der Waals surface area contributed by atoms with Gasteiger partial charge in [-0.25, -0.2) is 4.79 Å². The lowest BCUT2D eigenvalue weighted by atomic mass is 9.86. The Hall–Kier alpha value is -1.79. The van der Waals surface area contributed by atoms with Crippen LogP contribution in [-0.4, -0.2) is 47.5 Å². The van der Waals surface area contributed by atoms with Crippen LogP contribution in [-0.2, 0) is 9.59 Å². The van der Waals surface area contributed by atoms with Crippen molar-refractivity contribution in [1.29, 1.82) is 0 Å². The molecule has 1 rings (SSSR count). The zero-order valence-corrected chi connectivity index (χ0v) is 11.1. The highest BCUT2D eigenvalue weighted by molar-refractivity contribution is 5.83. The summed E-state index contributed by atoms with van der Waals surface area (Å²) >= 11 is 0. The van der Waals surface area contributed by atoms with Gasteiger partial charge in [-0.1, -0.05) is 12.8 Å². The molecule has 0 saturated heterocycles. The molecule has 1 fully saturated rings. The van der Waals surface area contributed by atoms with Crippen LogP contribution in [0.3, 0.4) is 0 Å². The summed E-state index contributed by atoms with van der Waals surface area (Å²) in [7, 11) is 0. The van der Waals surface area contributed by atoms with Crippen LogP contribution in [0.25, 0.3) is 0 Å². The number of nitrogens with one attached hydrogen (secondary N) is 1. The smallest absolute Gasteiger partial charge is 0.317 e. The minimum Gasteiger partial charge on any atom is -0.481 e. The number of primary amides is 1. The molecule has 0 bridgehead atoms. The first-order chi connectivity index (χ1) is 8.91. The highest BCUT2D eigenvalue weighted by atomic mass is 16.4. The Kier molecular flexibility index (Phi) is 5.14. The SMILES string of the molecule is CCN(CC(N)=O)C(=O)NCC1(C(=O)O)CCCC1. The quantitative estimate of drug-likeness (QED) is 0.638. The minimum absolute atomic E-state index is 0.0937. The fourth-order valence-electron chi connectivity index (χ4n) is 2.39. The Morgan fingerprint density at radius 2 is 1.89 bits per heavy atom. The van der Waals surface area contributed by atoms with Crippen molar-refractivity contribution in [3.63, 3.8) is 0 Å². The molecule has 4 N–H and O–H groups in total. The van der Waals surface area contributed by atoms with E-state index in [4.69, 9.17) is 5.73 Å². The highest BCUT2D eigenvalue weighted by Gasteiger charge is 2.41. The van der Waals surface area contributed by atoms with Crippen LogP contribution in [0.2, 0.25) is 0 Å². The first-order valence-corrected chi connectivity index (χ1v) is 6.46. The summed E-state index contributed by atoms with van der Waals surface area (Å²) in [5.74, 6) is -1.46. The normalized spacial score (nSPS) is 16.9. The van der Waals surface area contributed by atoms with Crippen molar-refractivity contribution in [2.45, 2.75) is 32.6 Å². The van der Waals surface area contributed by atoms with Gasteiger partial charge in [0.25, 0.3) is 0 Å². The summed E-state index contributed by atoms with van der Waals surface area (Å²) in [5, 5.41) is 11.9. The third kappa shape index (κ3) is 3.84. The van der Waals surface area contributed by atoms with E-state index in [9.17, 15) is 19.5 Å². The molecule has 0 aromatic rings. The molecule has 0 aliphatic heterocycles. The van der Waals surface area contributed by atoms with Gasteiger partial charge in [-0.05, 0) is 19.8 Å². The minimum atomic E-state index is -0.872. The Morgan fingerprint density at radius 3 is 2.32 bits per heavy atom. The lowest BCUT2D eigenvalue weighted by Gasteiger charge is -2.26. The van der Waals surface area contributed by atoms with Crippen LogP contribution in [0.1, 0.15) is 32.6 Å². The van der Waals surface area contributed by atoms with E-state index in [1.165, 1.54) is 4.90 Å². The van der Waals surface area contributed by atoms with Crippen LogP contribution in [0.5, 0.6) is 0 Å². The van der Waals surface area contributed by atoms with Crippen LogP contribution < -0.4 is 11.1 Å². The third-order valence-corrected chi connectivity index (χ3v) is 3.61. The zero-order chi connectivity index (χ0) is 14.5. The molecule has 0 atom stereocenters. The standard InChI is InChI=1S/C12H21N3O4/c1-2-15(7-9(13)16)11(19)14-8-12(10(17)18)5-3-4-6-12/h2-8H2,1H3,(H2,13,16)(H,14,19)(H,17,18). The Balaban J connectivity index is 2.56. The first kappa shape index (κ1) is 15.3. The molecule has 19 heavy (non-hydrogen) atoms. The number of urea groups is 1. The largest absolute Gasteiger partial charge is 0.481 e. The number of aliphatic carboxylic acids is 1. The topological polar surface area (TPSA) is 113 Å². The number of carboxylic acids is 1. The summed E-state index contributed by atoms with van der Waals surface area (Å²) < 4.78 is 0. The Labute approximate surface area is 112 Å². The summed E-state index contributed by atoms with van der Waals surface area (Å²) in [6.07, 6.45) is 2.87. The molecular formula is C12H21N3O4. The second kappa shape index (κ2) is 6.40. The van der Waals surface area contributed by atoms with E-state index < -0.39 is 23.3 Å². The Bertz CT molecular complexity index is 364. The molecule has 0 spiro atoms. The van der Waals surface area contributed by atoms with Gasteiger partial charge in [0.1, 0.15) is 6.54 Å². The number of likely N-dealkylation sites (N-methyl/N-ethyl adjacent to an activating group) is 1. The van der Waals surface area contributed by atoms with E-state index in [0.717, 1.165) is 12.8 Å². The second-order valence-corrected chi connectivity index (χ2v) is 4.93. The number of nitrogens with two attached hydrogens (primary N) is 1. The van der Waals surface area contributed by atoms with Crippen molar-refractivity contribution < 1.29 is 19.5 Å². The number of amides is 3. The molecule has 1 aliphatic rings. The number of hydrogen-bond donors (Lipinski definition) is 3. The van der Waals surface area contributed by atoms with Crippen molar-refractivity contribution in [2.75, 3.05) is 19.6 Å². The Morgan fingerprint density at radius 1 is 1.32 bits per heavy atom. The molecule has 0 heterocycles. The fourth-order valence-corrected chi connectivity index (χ4v) is 2.39. The third-order valence-electron chi connectivity index (χ3n) is 3.61. The van der Waals surface area contributed by atoms with Crippen molar-refractivity contribution in [2.24, 2.45) is 11.1 Å². The molecule has 0 aromatic carbocycles. The van der Waals surface area contributed by atoms with Crippen LogP contribution in [0, 0.1) is 5.41 Å². The lowest BCUT2D eigenvalue weighted by molar-refractivity contribution is -0.148. The van der Waals surface area contributed by atoms with Crippen LogP contribution >= 0.6 is 0 Å². The first-order valence-electron chi connectivity index (χ1n) is 6.46.